The van der Waals surface area contributed by atoms with Gasteiger partial charge in [0.1, 0.15) is 11.6 Å². The maximum Gasteiger partial charge on any atom is 0.149 e. The molecule has 2 unspecified atom stereocenters. The first-order valence-electron chi connectivity index (χ1n) is 7.72. The molecule has 0 aliphatic carbocycles. The van der Waals surface area contributed by atoms with Gasteiger partial charge in [-0.25, -0.2) is 0 Å². The summed E-state index contributed by atoms with van der Waals surface area (Å²) < 4.78 is 2.29. The zero-order chi connectivity index (χ0) is 14.2. The highest BCUT2D eigenvalue weighted by Crippen LogP contribution is 2.37. The van der Waals surface area contributed by atoms with Crippen LogP contribution in [0.15, 0.2) is 29.2 Å². The second-order valence-electron chi connectivity index (χ2n) is 5.85. The molecule has 1 N–H and O–H groups in total. The molecule has 0 spiro atoms. The fourth-order valence-corrected chi connectivity index (χ4v) is 4.51. The summed E-state index contributed by atoms with van der Waals surface area (Å²) in [6, 6.07) is 9.41. The molecule has 1 aromatic carbocycles. The minimum atomic E-state index is 0.241. The zero-order valence-corrected chi connectivity index (χ0v) is 13.1. The van der Waals surface area contributed by atoms with Gasteiger partial charge in [-0.3, -0.25) is 0 Å². The number of rotatable bonds is 3. The van der Waals surface area contributed by atoms with E-state index in [1.807, 2.05) is 11.8 Å². The Morgan fingerprint density at radius 1 is 1.33 bits per heavy atom. The van der Waals surface area contributed by atoms with Crippen LogP contribution in [0.25, 0.3) is 0 Å². The lowest BCUT2D eigenvalue weighted by atomic mass is 10.0. The van der Waals surface area contributed by atoms with Crippen molar-refractivity contribution in [2.75, 3.05) is 5.75 Å². The molecule has 4 rings (SSSR count). The molecular weight excluding hydrogens is 280 g/mol. The standard InChI is InChI=1S/C16H20N4S/c1-11(16-19-18-15-7-4-9-20(15)16)17-13-8-10-21-14-6-3-2-5-12(13)14/h2-3,5-6,11,13,17H,4,7-10H2,1H3. The fraction of sp³-hybridized carbons (Fsp3) is 0.500. The van der Waals surface area contributed by atoms with Crippen molar-refractivity contribution in [2.45, 2.75) is 49.7 Å². The smallest absolute Gasteiger partial charge is 0.149 e. The van der Waals surface area contributed by atoms with Gasteiger partial charge in [0.25, 0.3) is 0 Å². The maximum absolute atomic E-state index is 4.40. The van der Waals surface area contributed by atoms with Crippen molar-refractivity contribution in [3.63, 3.8) is 0 Å². The van der Waals surface area contributed by atoms with E-state index in [1.165, 1.54) is 29.1 Å². The van der Waals surface area contributed by atoms with Crippen LogP contribution in [-0.4, -0.2) is 20.5 Å². The van der Waals surface area contributed by atoms with E-state index in [9.17, 15) is 0 Å². The second-order valence-corrected chi connectivity index (χ2v) is 6.98. The minimum Gasteiger partial charge on any atom is -0.314 e. The van der Waals surface area contributed by atoms with E-state index in [1.54, 1.807) is 0 Å². The lowest BCUT2D eigenvalue weighted by molar-refractivity contribution is 0.425. The summed E-state index contributed by atoms with van der Waals surface area (Å²) in [6.07, 6.45) is 3.45. The van der Waals surface area contributed by atoms with Crippen LogP contribution in [0.1, 0.15) is 49.1 Å². The average Bonchev–Trinajstić information content (AvgIpc) is 3.10. The van der Waals surface area contributed by atoms with Crippen molar-refractivity contribution in [1.29, 1.82) is 0 Å². The van der Waals surface area contributed by atoms with Crippen LogP contribution in [0.4, 0.5) is 0 Å². The lowest BCUT2D eigenvalue weighted by Crippen LogP contribution is -2.29. The molecule has 0 radical (unpaired) electrons. The van der Waals surface area contributed by atoms with Crippen molar-refractivity contribution in [3.8, 4) is 0 Å². The summed E-state index contributed by atoms with van der Waals surface area (Å²) in [7, 11) is 0. The van der Waals surface area contributed by atoms with Gasteiger partial charge in [0.2, 0.25) is 0 Å². The normalized spacial score (nSPS) is 21.9. The number of hydrogen-bond acceptors (Lipinski definition) is 4. The Labute approximate surface area is 129 Å². The highest BCUT2D eigenvalue weighted by Gasteiger charge is 2.26. The van der Waals surface area contributed by atoms with Gasteiger partial charge in [-0.05, 0) is 37.1 Å². The van der Waals surface area contributed by atoms with Gasteiger partial charge in [0, 0.05) is 23.9 Å². The number of nitrogens with one attached hydrogen (secondary N) is 1. The Bertz CT molecular complexity index is 651. The summed E-state index contributed by atoms with van der Waals surface area (Å²) in [4.78, 5) is 1.42. The number of thioether (sulfide) groups is 1. The Kier molecular flexibility index (Phi) is 3.47. The summed E-state index contributed by atoms with van der Waals surface area (Å²) in [5, 5.41) is 12.5. The first kappa shape index (κ1) is 13.3. The van der Waals surface area contributed by atoms with Crippen LogP contribution in [-0.2, 0) is 13.0 Å². The van der Waals surface area contributed by atoms with Gasteiger partial charge in [-0.2, -0.15) is 0 Å². The van der Waals surface area contributed by atoms with E-state index in [4.69, 9.17) is 0 Å². The summed E-state index contributed by atoms with van der Waals surface area (Å²) in [5.74, 6) is 3.43. The largest absolute Gasteiger partial charge is 0.314 e. The number of nitrogens with zero attached hydrogens (tertiary/aromatic N) is 3. The molecule has 2 aliphatic rings. The van der Waals surface area contributed by atoms with Crippen LogP contribution in [0.5, 0.6) is 0 Å². The molecule has 0 amide bonds. The van der Waals surface area contributed by atoms with E-state index in [0.29, 0.717) is 6.04 Å². The molecule has 2 aliphatic heterocycles. The fourth-order valence-electron chi connectivity index (χ4n) is 3.38. The molecule has 0 bridgehead atoms. The minimum absolute atomic E-state index is 0.241. The summed E-state index contributed by atoms with van der Waals surface area (Å²) >= 11 is 1.96. The zero-order valence-electron chi connectivity index (χ0n) is 12.2. The Hall–Kier alpha value is -1.33. The number of aryl methyl sites for hydroxylation is 1. The third-order valence-electron chi connectivity index (χ3n) is 4.44. The summed E-state index contributed by atoms with van der Waals surface area (Å²) in [5.41, 5.74) is 1.43. The van der Waals surface area contributed by atoms with Crippen molar-refractivity contribution < 1.29 is 0 Å². The number of hydrogen-bond donors (Lipinski definition) is 1. The van der Waals surface area contributed by atoms with E-state index in [-0.39, 0.29) is 6.04 Å². The van der Waals surface area contributed by atoms with Crippen molar-refractivity contribution in [2.24, 2.45) is 0 Å². The molecule has 5 heteroatoms. The molecule has 2 atom stereocenters. The van der Waals surface area contributed by atoms with Gasteiger partial charge in [-0.15, -0.1) is 22.0 Å². The van der Waals surface area contributed by atoms with Gasteiger partial charge < -0.3 is 9.88 Å². The van der Waals surface area contributed by atoms with E-state index >= 15 is 0 Å². The van der Waals surface area contributed by atoms with Crippen molar-refractivity contribution in [3.05, 3.63) is 41.5 Å². The Balaban J connectivity index is 1.56. The Morgan fingerprint density at radius 2 is 2.24 bits per heavy atom. The lowest BCUT2D eigenvalue weighted by Gasteiger charge is -2.28. The predicted molar refractivity (Wildman–Crippen MR) is 84.4 cm³/mol. The van der Waals surface area contributed by atoms with Gasteiger partial charge >= 0.3 is 0 Å². The SMILES string of the molecule is CC(NC1CCSc2ccccc21)c1nnc2n1CCC2. The van der Waals surface area contributed by atoms with E-state index in [0.717, 1.165) is 24.6 Å². The highest BCUT2D eigenvalue weighted by atomic mass is 32.2. The van der Waals surface area contributed by atoms with Crippen molar-refractivity contribution in [1.82, 2.24) is 20.1 Å². The molecule has 21 heavy (non-hydrogen) atoms. The molecule has 4 nitrogen and oxygen atoms in total. The quantitative estimate of drug-likeness (QED) is 0.946. The van der Waals surface area contributed by atoms with Crippen LogP contribution in [0, 0.1) is 0 Å². The van der Waals surface area contributed by atoms with E-state index < -0.39 is 0 Å². The van der Waals surface area contributed by atoms with Crippen molar-refractivity contribution >= 4 is 11.8 Å². The maximum atomic E-state index is 4.40. The summed E-state index contributed by atoms with van der Waals surface area (Å²) in [6.45, 7) is 3.28. The first-order chi connectivity index (χ1) is 10.3. The number of fused-ring (bicyclic) bond motifs is 2. The van der Waals surface area contributed by atoms with Crippen LogP contribution in [0.2, 0.25) is 0 Å². The monoisotopic (exact) mass is 300 g/mol. The number of aromatic nitrogens is 3. The van der Waals surface area contributed by atoms with Gasteiger partial charge in [-0.1, -0.05) is 18.2 Å². The van der Waals surface area contributed by atoms with Gasteiger partial charge in [0.15, 0.2) is 0 Å². The molecule has 2 aromatic rings. The third kappa shape index (κ3) is 2.38. The topological polar surface area (TPSA) is 42.7 Å². The molecule has 0 saturated heterocycles. The molecular formula is C16H20N4S. The van der Waals surface area contributed by atoms with Gasteiger partial charge in [0.05, 0.1) is 6.04 Å². The second kappa shape index (κ2) is 5.46. The Morgan fingerprint density at radius 3 is 3.19 bits per heavy atom. The molecule has 110 valence electrons. The predicted octanol–water partition coefficient (Wildman–Crippen LogP) is 3.11. The molecule has 3 heterocycles. The van der Waals surface area contributed by atoms with E-state index in [2.05, 4.69) is 51.3 Å². The molecule has 1 aromatic heterocycles. The highest BCUT2D eigenvalue weighted by molar-refractivity contribution is 7.99. The first-order valence-corrected chi connectivity index (χ1v) is 8.71. The van der Waals surface area contributed by atoms with Crippen LogP contribution >= 0.6 is 11.8 Å². The molecule has 0 fully saturated rings. The third-order valence-corrected chi connectivity index (χ3v) is 5.56. The number of benzene rings is 1. The molecule has 0 saturated carbocycles. The van der Waals surface area contributed by atoms with Crippen LogP contribution in [0.3, 0.4) is 0 Å². The van der Waals surface area contributed by atoms with Crippen LogP contribution < -0.4 is 5.32 Å². The average molecular weight is 300 g/mol.